The highest BCUT2D eigenvalue weighted by molar-refractivity contribution is 5.82. The van der Waals surface area contributed by atoms with E-state index in [9.17, 15) is 9.18 Å². The number of aryl methyl sites for hydroxylation is 1. The lowest BCUT2D eigenvalue weighted by molar-refractivity contribution is -0.126. The number of carbonyl (C=O) groups excluding carboxylic acids is 1. The monoisotopic (exact) mass is 290 g/mol. The molecule has 2 aromatic rings. The lowest BCUT2D eigenvalue weighted by Crippen LogP contribution is -2.37. The average molecular weight is 290 g/mol. The minimum atomic E-state index is -0.281. The van der Waals surface area contributed by atoms with Crippen molar-refractivity contribution in [1.82, 2.24) is 10.6 Å². The molecule has 2 heterocycles. The molecule has 2 N–H and O–H groups in total. The number of nitrogens with one attached hydrogen (secondary N) is 2. The van der Waals surface area contributed by atoms with E-state index in [4.69, 9.17) is 4.42 Å². The van der Waals surface area contributed by atoms with Gasteiger partial charge in [-0.1, -0.05) is 0 Å². The Kier molecular flexibility index (Phi) is 3.92. The third-order valence-electron chi connectivity index (χ3n) is 4.13. The van der Waals surface area contributed by atoms with Crippen molar-refractivity contribution in [2.45, 2.75) is 26.3 Å². The summed E-state index contributed by atoms with van der Waals surface area (Å²) in [5.41, 5.74) is 1.54. The molecule has 112 valence electrons. The van der Waals surface area contributed by atoms with Crippen LogP contribution >= 0.6 is 0 Å². The van der Waals surface area contributed by atoms with E-state index in [1.807, 2.05) is 6.92 Å². The Labute approximate surface area is 122 Å². The molecule has 1 aromatic carbocycles. The second kappa shape index (κ2) is 5.85. The summed E-state index contributed by atoms with van der Waals surface area (Å²) in [6, 6.07) is 4.46. The number of rotatable bonds is 3. The fourth-order valence-electron chi connectivity index (χ4n) is 2.81. The van der Waals surface area contributed by atoms with E-state index in [0.717, 1.165) is 36.9 Å². The third kappa shape index (κ3) is 2.93. The Balaban J connectivity index is 1.70. The maximum Gasteiger partial charge on any atom is 0.223 e. The maximum atomic E-state index is 13.3. The molecular weight excluding hydrogens is 271 g/mol. The van der Waals surface area contributed by atoms with Crippen LogP contribution in [0.25, 0.3) is 11.0 Å². The first-order chi connectivity index (χ1) is 10.1. The number of hydrogen-bond donors (Lipinski definition) is 2. The molecule has 0 saturated carbocycles. The van der Waals surface area contributed by atoms with Crippen molar-refractivity contribution in [2.24, 2.45) is 5.92 Å². The number of halogens is 1. The summed E-state index contributed by atoms with van der Waals surface area (Å²) in [5, 5.41) is 6.94. The van der Waals surface area contributed by atoms with Crippen molar-refractivity contribution in [3.05, 3.63) is 35.3 Å². The van der Waals surface area contributed by atoms with Crippen LogP contribution in [0.4, 0.5) is 4.39 Å². The summed E-state index contributed by atoms with van der Waals surface area (Å²) < 4.78 is 19.0. The molecule has 3 rings (SSSR count). The van der Waals surface area contributed by atoms with Gasteiger partial charge in [0, 0.05) is 16.9 Å². The largest absolute Gasteiger partial charge is 0.459 e. The molecule has 1 aliphatic rings. The van der Waals surface area contributed by atoms with E-state index >= 15 is 0 Å². The van der Waals surface area contributed by atoms with Crippen molar-refractivity contribution in [3.63, 3.8) is 0 Å². The third-order valence-corrected chi connectivity index (χ3v) is 4.13. The van der Waals surface area contributed by atoms with Crippen molar-refractivity contribution in [2.75, 3.05) is 13.1 Å². The van der Waals surface area contributed by atoms with Crippen LogP contribution in [-0.4, -0.2) is 19.0 Å². The minimum absolute atomic E-state index is 0.0718. The summed E-state index contributed by atoms with van der Waals surface area (Å²) in [6.07, 6.45) is 1.74. The van der Waals surface area contributed by atoms with E-state index in [2.05, 4.69) is 10.6 Å². The van der Waals surface area contributed by atoms with Gasteiger partial charge in [0.25, 0.3) is 0 Å². The molecule has 1 fully saturated rings. The highest BCUT2D eigenvalue weighted by Crippen LogP contribution is 2.26. The Bertz CT molecular complexity index is 660. The highest BCUT2D eigenvalue weighted by Gasteiger charge is 2.21. The maximum absolute atomic E-state index is 13.3. The van der Waals surface area contributed by atoms with E-state index in [-0.39, 0.29) is 17.6 Å². The molecular formula is C16H19FN2O2. The lowest BCUT2D eigenvalue weighted by Gasteiger charge is -2.21. The summed E-state index contributed by atoms with van der Waals surface area (Å²) in [4.78, 5) is 12.1. The zero-order valence-corrected chi connectivity index (χ0v) is 12.0. The van der Waals surface area contributed by atoms with E-state index in [1.165, 1.54) is 12.1 Å². The van der Waals surface area contributed by atoms with Crippen LogP contribution in [0.5, 0.6) is 0 Å². The van der Waals surface area contributed by atoms with Crippen molar-refractivity contribution >= 4 is 16.9 Å². The first-order valence-corrected chi connectivity index (χ1v) is 7.31. The van der Waals surface area contributed by atoms with E-state index in [0.29, 0.717) is 17.9 Å². The normalized spacial score (nSPS) is 16.3. The zero-order valence-electron chi connectivity index (χ0n) is 12.0. The van der Waals surface area contributed by atoms with Gasteiger partial charge in [-0.3, -0.25) is 4.79 Å². The molecule has 5 heteroatoms. The van der Waals surface area contributed by atoms with Gasteiger partial charge in [0.1, 0.15) is 17.2 Å². The molecule has 1 aromatic heterocycles. The van der Waals surface area contributed by atoms with Crippen LogP contribution in [0.15, 0.2) is 22.6 Å². The Hall–Kier alpha value is -1.88. The fourth-order valence-corrected chi connectivity index (χ4v) is 2.81. The van der Waals surface area contributed by atoms with Gasteiger partial charge in [-0.15, -0.1) is 0 Å². The molecule has 1 aliphatic heterocycles. The van der Waals surface area contributed by atoms with Crippen LogP contribution in [0.2, 0.25) is 0 Å². The molecule has 0 radical (unpaired) electrons. The molecule has 0 atom stereocenters. The smallest absolute Gasteiger partial charge is 0.223 e. The average Bonchev–Trinajstić information content (AvgIpc) is 2.82. The van der Waals surface area contributed by atoms with Crippen LogP contribution in [0.1, 0.15) is 24.2 Å². The van der Waals surface area contributed by atoms with Gasteiger partial charge in [0.2, 0.25) is 5.91 Å². The second-order valence-corrected chi connectivity index (χ2v) is 5.53. The quantitative estimate of drug-likeness (QED) is 0.913. The van der Waals surface area contributed by atoms with Gasteiger partial charge in [0.15, 0.2) is 0 Å². The van der Waals surface area contributed by atoms with Crippen molar-refractivity contribution < 1.29 is 13.6 Å². The first kappa shape index (κ1) is 14.1. The number of hydrogen-bond acceptors (Lipinski definition) is 3. The van der Waals surface area contributed by atoms with Crippen molar-refractivity contribution in [3.8, 4) is 0 Å². The highest BCUT2D eigenvalue weighted by atomic mass is 19.1. The molecule has 1 amide bonds. The van der Waals surface area contributed by atoms with Gasteiger partial charge in [-0.25, -0.2) is 4.39 Å². The summed E-state index contributed by atoms with van der Waals surface area (Å²) >= 11 is 0. The zero-order chi connectivity index (χ0) is 14.8. The molecule has 0 bridgehead atoms. The topological polar surface area (TPSA) is 54.3 Å². The SMILES string of the molecule is Cc1c(CNC(=O)C2CCNCC2)oc2ccc(F)cc12. The molecule has 21 heavy (non-hydrogen) atoms. The lowest BCUT2D eigenvalue weighted by atomic mass is 9.97. The van der Waals surface area contributed by atoms with Crippen LogP contribution in [0, 0.1) is 18.7 Å². The first-order valence-electron chi connectivity index (χ1n) is 7.31. The minimum Gasteiger partial charge on any atom is -0.459 e. The molecule has 0 unspecified atom stereocenters. The summed E-state index contributed by atoms with van der Waals surface area (Å²) in [7, 11) is 0. The van der Waals surface area contributed by atoms with E-state index < -0.39 is 0 Å². The number of fused-ring (bicyclic) bond motifs is 1. The molecule has 0 aliphatic carbocycles. The van der Waals surface area contributed by atoms with Crippen LogP contribution in [0.3, 0.4) is 0 Å². The molecule has 0 spiro atoms. The Morgan fingerprint density at radius 3 is 2.95 bits per heavy atom. The number of carbonyl (C=O) groups is 1. The standard InChI is InChI=1S/C16H19FN2O2/c1-10-13-8-12(17)2-3-14(13)21-15(10)9-19-16(20)11-4-6-18-7-5-11/h2-3,8,11,18H,4-7,9H2,1H3,(H,19,20). The van der Waals surface area contributed by atoms with Gasteiger partial charge in [0.05, 0.1) is 6.54 Å². The number of amides is 1. The van der Waals surface area contributed by atoms with E-state index in [1.54, 1.807) is 6.07 Å². The Morgan fingerprint density at radius 1 is 1.43 bits per heavy atom. The predicted molar refractivity (Wildman–Crippen MR) is 78.3 cm³/mol. The second-order valence-electron chi connectivity index (χ2n) is 5.53. The fraction of sp³-hybridized carbons (Fsp3) is 0.438. The van der Waals surface area contributed by atoms with Crippen LogP contribution < -0.4 is 10.6 Å². The Morgan fingerprint density at radius 2 is 2.19 bits per heavy atom. The van der Waals surface area contributed by atoms with Gasteiger partial charge < -0.3 is 15.1 Å². The number of piperidine rings is 1. The predicted octanol–water partition coefficient (Wildman–Crippen LogP) is 2.50. The van der Waals surface area contributed by atoms with Gasteiger partial charge in [-0.05, 0) is 51.1 Å². The van der Waals surface area contributed by atoms with Crippen molar-refractivity contribution in [1.29, 1.82) is 0 Å². The number of benzene rings is 1. The van der Waals surface area contributed by atoms with Gasteiger partial charge >= 0.3 is 0 Å². The molecule has 1 saturated heterocycles. The number of furan rings is 1. The summed E-state index contributed by atoms with van der Waals surface area (Å²) in [5.74, 6) is 0.561. The molecule has 4 nitrogen and oxygen atoms in total. The van der Waals surface area contributed by atoms with Gasteiger partial charge in [-0.2, -0.15) is 0 Å². The van der Waals surface area contributed by atoms with Crippen LogP contribution in [-0.2, 0) is 11.3 Å². The summed E-state index contributed by atoms with van der Waals surface area (Å²) in [6.45, 7) is 4.02.